The molecule has 1 amide bonds. The molecule has 0 spiro atoms. The van der Waals surface area contributed by atoms with Gasteiger partial charge in [0.2, 0.25) is 5.91 Å². The molecular formula is C24H24N2O3. The minimum atomic E-state index is -0.125. The lowest BCUT2D eigenvalue weighted by Crippen LogP contribution is -2.23. The fourth-order valence-corrected chi connectivity index (χ4v) is 2.54. The highest BCUT2D eigenvalue weighted by Gasteiger charge is 1.98. The first-order valence-corrected chi connectivity index (χ1v) is 9.56. The van der Waals surface area contributed by atoms with Crippen molar-refractivity contribution in [2.24, 2.45) is 0 Å². The van der Waals surface area contributed by atoms with E-state index >= 15 is 0 Å². The first-order chi connectivity index (χ1) is 14.3. The second-order valence-electron chi connectivity index (χ2n) is 6.32. The van der Waals surface area contributed by atoms with E-state index in [-0.39, 0.29) is 5.91 Å². The predicted octanol–water partition coefficient (Wildman–Crippen LogP) is 4.26. The van der Waals surface area contributed by atoms with Crippen LogP contribution in [0.1, 0.15) is 17.7 Å². The lowest BCUT2D eigenvalue weighted by Gasteiger charge is -2.06. The second kappa shape index (κ2) is 11.3. The van der Waals surface area contributed by atoms with Crippen LogP contribution in [0.4, 0.5) is 0 Å². The van der Waals surface area contributed by atoms with Crippen LogP contribution in [0.5, 0.6) is 11.5 Å². The maximum absolute atomic E-state index is 11.9. The number of para-hydroxylation sites is 1. The van der Waals surface area contributed by atoms with Gasteiger partial charge >= 0.3 is 0 Å². The van der Waals surface area contributed by atoms with Crippen LogP contribution in [0.15, 0.2) is 85.1 Å². The molecule has 148 valence electrons. The topological polar surface area (TPSA) is 60.5 Å². The molecule has 1 aromatic heterocycles. The van der Waals surface area contributed by atoms with E-state index in [1.807, 2.05) is 72.8 Å². The zero-order chi connectivity index (χ0) is 20.2. The van der Waals surface area contributed by atoms with Crippen molar-refractivity contribution in [1.82, 2.24) is 10.3 Å². The summed E-state index contributed by atoms with van der Waals surface area (Å²) in [5.74, 6) is 1.47. The van der Waals surface area contributed by atoms with Crippen LogP contribution in [0.3, 0.4) is 0 Å². The van der Waals surface area contributed by atoms with Gasteiger partial charge in [0.15, 0.2) is 0 Å². The Bertz CT molecular complexity index is 894. The van der Waals surface area contributed by atoms with Gasteiger partial charge in [-0.05, 0) is 54.5 Å². The van der Waals surface area contributed by atoms with Crippen LogP contribution < -0.4 is 14.8 Å². The van der Waals surface area contributed by atoms with Crippen molar-refractivity contribution in [3.8, 4) is 11.5 Å². The molecule has 0 aliphatic heterocycles. The third-order valence-electron chi connectivity index (χ3n) is 4.05. The van der Waals surface area contributed by atoms with Crippen molar-refractivity contribution >= 4 is 12.0 Å². The summed E-state index contributed by atoms with van der Waals surface area (Å²) in [6, 6.07) is 22.9. The number of hydrogen-bond acceptors (Lipinski definition) is 4. The summed E-state index contributed by atoms with van der Waals surface area (Å²) in [4.78, 5) is 16.1. The second-order valence-corrected chi connectivity index (χ2v) is 6.32. The lowest BCUT2D eigenvalue weighted by molar-refractivity contribution is -0.116. The Kier molecular flexibility index (Phi) is 7.84. The highest BCUT2D eigenvalue weighted by atomic mass is 16.5. The third-order valence-corrected chi connectivity index (χ3v) is 4.05. The Morgan fingerprint density at radius 3 is 2.41 bits per heavy atom. The van der Waals surface area contributed by atoms with Crippen LogP contribution in [0.25, 0.3) is 6.08 Å². The summed E-state index contributed by atoms with van der Waals surface area (Å²) >= 11 is 0. The van der Waals surface area contributed by atoms with E-state index in [0.29, 0.717) is 19.8 Å². The van der Waals surface area contributed by atoms with Gasteiger partial charge in [0.1, 0.15) is 18.1 Å². The number of nitrogens with one attached hydrogen (secondary N) is 1. The van der Waals surface area contributed by atoms with E-state index in [1.165, 1.54) is 6.08 Å². The number of nitrogens with zero attached hydrogens (tertiary/aromatic N) is 1. The average Bonchev–Trinajstić information content (AvgIpc) is 2.78. The molecule has 5 nitrogen and oxygen atoms in total. The van der Waals surface area contributed by atoms with Gasteiger partial charge in [0, 0.05) is 18.8 Å². The van der Waals surface area contributed by atoms with Crippen LogP contribution in [-0.2, 0) is 11.4 Å². The minimum Gasteiger partial charge on any atom is -0.494 e. The Morgan fingerprint density at radius 1 is 0.897 bits per heavy atom. The van der Waals surface area contributed by atoms with Crippen molar-refractivity contribution in [3.63, 3.8) is 0 Å². The normalized spacial score (nSPS) is 10.6. The molecule has 5 heteroatoms. The highest BCUT2D eigenvalue weighted by Crippen LogP contribution is 2.14. The van der Waals surface area contributed by atoms with E-state index in [9.17, 15) is 4.79 Å². The van der Waals surface area contributed by atoms with Gasteiger partial charge in [-0.15, -0.1) is 0 Å². The highest BCUT2D eigenvalue weighted by molar-refractivity contribution is 5.91. The molecule has 0 bridgehead atoms. The fourth-order valence-electron chi connectivity index (χ4n) is 2.54. The number of benzene rings is 2. The molecule has 29 heavy (non-hydrogen) atoms. The van der Waals surface area contributed by atoms with Gasteiger partial charge < -0.3 is 14.8 Å². The summed E-state index contributed by atoms with van der Waals surface area (Å²) in [5.41, 5.74) is 1.81. The number of carbonyl (C=O) groups is 1. The maximum Gasteiger partial charge on any atom is 0.244 e. The molecule has 0 saturated carbocycles. The van der Waals surface area contributed by atoms with Gasteiger partial charge in [-0.2, -0.15) is 0 Å². The Labute approximate surface area is 171 Å². The molecule has 0 aliphatic carbocycles. The first kappa shape index (κ1) is 20.1. The number of carbonyl (C=O) groups excluding carboxylic acids is 1. The number of rotatable bonds is 10. The van der Waals surface area contributed by atoms with E-state index in [0.717, 1.165) is 29.2 Å². The SMILES string of the molecule is O=C(/C=C/c1ccc(OCc2ccccn2)cc1)NCCCOc1ccccc1. The summed E-state index contributed by atoms with van der Waals surface area (Å²) in [6.07, 6.45) is 5.80. The number of hydrogen-bond donors (Lipinski definition) is 1. The zero-order valence-electron chi connectivity index (χ0n) is 16.2. The van der Waals surface area contributed by atoms with E-state index in [4.69, 9.17) is 9.47 Å². The first-order valence-electron chi connectivity index (χ1n) is 9.56. The lowest BCUT2D eigenvalue weighted by atomic mass is 10.2. The maximum atomic E-state index is 11.9. The molecule has 2 aromatic carbocycles. The largest absolute Gasteiger partial charge is 0.494 e. The Balaban J connectivity index is 1.34. The number of aromatic nitrogens is 1. The molecule has 0 unspecified atom stereocenters. The molecule has 0 atom stereocenters. The quantitative estimate of drug-likeness (QED) is 0.416. The number of amides is 1. The summed E-state index contributed by atoms with van der Waals surface area (Å²) in [5, 5.41) is 2.85. The molecule has 3 aromatic rings. The van der Waals surface area contributed by atoms with Gasteiger partial charge in [0.05, 0.1) is 12.3 Å². The molecule has 3 rings (SSSR count). The van der Waals surface area contributed by atoms with E-state index < -0.39 is 0 Å². The number of pyridine rings is 1. The van der Waals surface area contributed by atoms with Crippen molar-refractivity contribution < 1.29 is 14.3 Å². The Hall–Kier alpha value is -3.60. The van der Waals surface area contributed by atoms with Gasteiger partial charge in [-0.1, -0.05) is 36.4 Å². The molecule has 1 N–H and O–H groups in total. The molecular weight excluding hydrogens is 364 g/mol. The molecule has 0 radical (unpaired) electrons. The minimum absolute atomic E-state index is 0.125. The summed E-state index contributed by atoms with van der Waals surface area (Å²) in [6.45, 7) is 1.55. The van der Waals surface area contributed by atoms with Crippen LogP contribution >= 0.6 is 0 Å². The molecule has 1 heterocycles. The van der Waals surface area contributed by atoms with Crippen LogP contribution in [0.2, 0.25) is 0 Å². The summed E-state index contributed by atoms with van der Waals surface area (Å²) in [7, 11) is 0. The number of ether oxygens (including phenoxy) is 2. The van der Waals surface area contributed by atoms with Crippen molar-refractivity contribution in [1.29, 1.82) is 0 Å². The van der Waals surface area contributed by atoms with Gasteiger partial charge in [-0.3, -0.25) is 9.78 Å². The predicted molar refractivity (Wildman–Crippen MR) is 114 cm³/mol. The fraction of sp³-hybridized carbons (Fsp3) is 0.167. The van der Waals surface area contributed by atoms with Crippen LogP contribution in [0, 0.1) is 0 Å². The Morgan fingerprint density at radius 2 is 1.66 bits per heavy atom. The van der Waals surface area contributed by atoms with Gasteiger partial charge in [-0.25, -0.2) is 0 Å². The zero-order valence-corrected chi connectivity index (χ0v) is 16.2. The monoisotopic (exact) mass is 388 g/mol. The standard InChI is InChI=1S/C24H24N2O3/c27-24(26-17-6-18-28-22-8-2-1-3-9-22)15-12-20-10-13-23(14-11-20)29-19-21-7-4-5-16-25-21/h1-5,7-16H,6,17-19H2,(H,26,27)/b15-12+. The molecule has 0 saturated heterocycles. The summed E-state index contributed by atoms with van der Waals surface area (Å²) < 4.78 is 11.3. The molecule has 0 fully saturated rings. The van der Waals surface area contributed by atoms with E-state index in [2.05, 4.69) is 10.3 Å². The van der Waals surface area contributed by atoms with E-state index in [1.54, 1.807) is 12.3 Å². The van der Waals surface area contributed by atoms with Crippen LogP contribution in [-0.4, -0.2) is 24.0 Å². The molecule has 0 aliphatic rings. The third kappa shape index (κ3) is 7.50. The van der Waals surface area contributed by atoms with Gasteiger partial charge in [0.25, 0.3) is 0 Å². The smallest absolute Gasteiger partial charge is 0.244 e. The average molecular weight is 388 g/mol. The van der Waals surface area contributed by atoms with Crippen molar-refractivity contribution in [3.05, 3.63) is 96.3 Å². The van der Waals surface area contributed by atoms with Crippen molar-refractivity contribution in [2.75, 3.05) is 13.2 Å². The van der Waals surface area contributed by atoms with Crippen molar-refractivity contribution in [2.45, 2.75) is 13.0 Å².